The predicted octanol–water partition coefficient (Wildman–Crippen LogP) is 5.31. The molecule has 1 aliphatic heterocycles. The normalized spacial score (nSPS) is 29.0. The van der Waals surface area contributed by atoms with Crippen molar-refractivity contribution in [2.24, 2.45) is 10.8 Å². The first-order valence-corrected chi connectivity index (χ1v) is 9.08. The molecule has 1 unspecified atom stereocenters. The van der Waals surface area contributed by atoms with Crippen molar-refractivity contribution in [2.75, 3.05) is 26.7 Å². The Morgan fingerprint density at radius 3 is 2.00 bits per heavy atom. The third-order valence-corrected chi connectivity index (χ3v) is 5.67. The largest absolute Gasteiger partial charge is 0.315 e. The molecule has 0 aromatic heterocycles. The summed E-state index contributed by atoms with van der Waals surface area (Å²) in [6.07, 6.45) is 24.3. The van der Waals surface area contributed by atoms with Gasteiger partial charge in [-0.2, -0.15) is 0 Å². The van der Waals surface area contributed by atoms with E-state index < -0.39 is 0 Å². The van der Waals surface area contributed by atoms with Gasteiger partial charge in [-0.25, -0.2) is 0 Å². The summed E-state index contributed by atoms with van der Waals surface area (Å²) < 4.78 is 1.03. The zero-order valence-corrected chi connectivity index (χ0v) is 15.8. The van der Waals surface area contributed by atoms with Crippen LogP contribution in [0.2, 0.25) is 0 Å². The molecule has 1 atom stereocenters. The Morgan fingerprint density at radius 1 is 0.920 bits per heavy atom. The van der Waals surface area contributed by atoms with Crippen LogP contribution in [0.1, 0.15) is 13.8 Å². The Hall–Kier alpha value is -2.12. The van der Waals surface area contributed by atoms with E-state index in [2.05, 4.69) is 88.7 Å². The summed E-state index contributed by atoms with van der Waals surface area (Å²) in [5.74, 6) is 0. The second kappa shape index (κ2) is 6.31. The van der Waals surface area contributed by atoms with Crippen LogP contribution < -0.4 is 0 Å². The summed E-state index contributed by atoms with van der Waals surface area (Å²) in [6.45, 7) is 15.5. The quantitative estimate of drug-likeness (QED) is 0.484. The van der Waals surface area contributed by atoms with Crippen molar-refractivity contribution < 1.29 is 4.48 Å². The zero-order chi connectivity index (χ0) is 18.1. The lowest BCUT2D eigenvalue weighted by Crippen LogP contribution is -2.43. The van der Waals surface area contributed by atoms with Crippen LogP contribution in [0.3, 0.4) is 0 Å². The average molecular weight is 333 g/mol. The molecule has 0 saturated heterocycles. The lowest BCUT2D eigenvalue weighted by atomic mass is 9.90. The van der Waals surface area contributed by atoms with Gasteiger partial charge in [0.15, 0.2) is 0 Å². The van der Waals surface area contributed by atoms with Crippen molar-refractivity contribution in [3.8, 4) is 0 Å². The first kappa shape index (κ1) is 17.7. The van der Waals surface area contributed by atoms with Crippen molar-refractivity contribution >= 4 is 0 Å². The van der Waals surface area contributed by atoms with E-state index in [4.69, 9.17) is 0 Å². The van der Waals surface area contributed by atoms with Gasteiger partial charge in [0.05, 0.1) is 7.05 Å². The second-order valence-corrected chi connectivity index (χ2v) is 8.39. The Balaban J connectivity index is 1.74. The SMILES string of the molecule is C=CC1(C)C=CC=C(C[N+]2(C)CC3=C(C=CC(C)(C=C)C=C3)C2)C=C1. The molecule has 0 amide bonds. The van der Waals surface area contributed by atoms with E-state index in [-0.39, 0.29) is 10.8 Å². The Morgan fingerprint density at radius 2 is 1.44 bits per heavy atom. The minimum absolute atomic E-state index is 0.0275. The number of hydrogen-bond donors (Lipinski definition) is 0. The smallest absolute Gasteiger partial charge is 0.105 e. The van der Waals surface area contributed by atoms with Crippen molar-refractivity contribution in [2.45, 2.75) is 13.8 Å². The van der Waals surface area contributed by atoms with Gasteiger partial charge in [0, 0.05) is 27.5 Å². The summed E-state index contributed by atoms with van der Waals surface area (Å²) in [5, 5.41) is 0. The number of hydrogen-bond acceptors (Lipinski definition) is 0. The molecule has 0 N–H and O–H groups in total. The third kappa shape index (κ3) is 3.77. The maximum atomic E-state index is 3.97. The number of rotatable bonds is 4. The van der Waals surface area contributed by atoms with Crippen LogP contribution in [0.5, 0.6) is 0 Å². The molecule has 1 heteroatoms. The van der Waals surface area contributed by atoms with Crippen molar-refractivity contribution in [3.05, 3.63) is 96.7 Å². The van der Waals surface area contributed by atoms with E-state index in [9.17, 15) is 0 Å². The van der Waals surface area contributed by atoms with Crippen LogP contribution in [0.4, 0.5) is 0 Å². The summed E-state index contributed by atoms with van der Waals surface area (Å²) in [4.78, 5) is 0. The summed E-state index contributed by atoms with van der Waals surface area (Å²) >= 11 is 0. The Kier molecular flexibility index (Phi) is 4.47. The lowest BCUT2D eigenvalue weighted by molar-refractivity contribution is -0.889. The molecule has 0 saturated carbocycles. The van der Waals surface area contributed by atoms with Crippen LogP contribution >= 0.6 is 0 Å². The molecule has 0 spiro atoms. The van der Waals surface area contributed by atoms with E-state index in [0.717, 1.165) is 24.1 Å². The number of allylic oxidation sites excluding steroid dienone is 8. The predicted molar refractivity (Wildman–Crippen MR) is 109 cm³/mol. The molecule has 3 rings (SSSR count). The van der Waals surface area contributed by atoms with Gasteiger partial charge in [-0.05, 0) is 13.8 Å². The van der Waals surface area contributed by atoms with Gasteiger partial charge in [0.1, 0.15) is 19.6 Å². The van der Waals surface area contributed by atoms with Crippen LogP contribution in [-0.4, -0.2) is 31.2 Å². The molecule has 2 aliphatic carbocycles. The minimum atomic E-state index is -0.0438. The highest BCUT2D eigenvalue weighted by atomic mass is 15.3. The molecule has 0 aromatic rings. The fourth-order valence-electron chi connectivity index (χ4n) is 3.72. The number of quaternary nitrogens is 1. The highest BCUT2D eigenvalue weighted by Crippen LogP contribution is 2.34. The maximum absolute atomic E-state index is 3.97. The molecule has 25 heavy (non-hydrogen) atoms. The monoisotopic (exact) mass is 332 g/mol. The van der Waals surface area contributed by atoms with E-state index in [1.54, 1.807) is 0 Å². The van der Waals surface area contributed by atoms with Crippen molar-refractivity contribution in [3.63, 3.8) is 0 Å². The van der Waals surface area contributed by atoms with Crippen LogP contribution in [0.15, 0.2) is 96.7 Å². The molecule has 1 nitrogen and oxygen atoms in total. The van der Waals surface area contributed by atoms with Gasteiger partial charge in [-0.1, -0.05) is 66.8 Å². The lowest BCUT2D eigenvalue weighted by Gasteiger charge is -2.31. The Labute approximate surface area is 153 Å². The van der Waals surface area contributed by atoms with E-state index in [1.165, 1.54) is 16.7 Å². The fourth-order valence-corrected chi connectivity index (χ4v) is 3.72. The molecule has 0 aromatic carbocycles. The molecule has 0 fully saturated rings. The highest BCUT2D eigenvalue weighted by molar-refractivity contribution is 5.43. The first-order valence-electron chi connectivity index (χ1n) is 9.08. The van der Waals surface area contributed by atoms with Crippen LogP contribution in [0.25, 0.3) is 0 Å². The molecule has 0 radical (unpaired) electrons. The van der Waals surface area contributed by atoms with Gasteiger partial charge < -0.3 is 4.48 Å². The van der Waals surface area contributed by atoms with E-state index in [0.29, 0.717) is 0 Å². The Bertz CT molecular complexity index is 740. The first-order chi connectivity index (χ1) is 11.8. The summed E-state index contributed by atoms with van der Waals surface area (Å²) in [7, 11) is 2.36. The van der Waals surface area contributed by atoms with Crippen molar-refractivity contribution in [1.82, 2.24) is 0 Å². The van der Waals surface area contributed by atoms with E-state index >= 15 is 0 Å². The summed E-state index contributed by atoms with van der Waals surface area (Å²) in [5.41, 5.74) is 4.24. The van der Waals surface area contributed by atoms with Gasteiger partial charge in [0.2, 0.25) is 0 Å². The molecule has 0 bridgehead atoms. The topological polar surface area (TPSA) is 0 Å². The number of likely N-dealkylation sites (N-methyl/N-ethyl adjacent to an activating group) is 1. The molecular formula is C24H30N+. The molecule has 3 aliphatic rings. The standard InChI is InChI=1S/C24H30N/c1-6-23(3)13-8-9-20(10-14-23)17-25(5)18-21-11-15-24(4,7-2)16-12-22(21)19-25/h6-16H,1-2,17-19H2,3-5H3/q+1. The molecule has 1 heterocycles. The second-order valence-electron chi connectivity index (χ2n) is 8.39. The van der Waals surface area contributed by atoms with Gasteiger partial charge in [0.25, 0.3) is 0 Å². The van der Waals surface area contributed by atoms with Gasteiger partial charge >= 0.3 is 0 Å². The van der Waals surface area contributed by atoms with Crippen LogP contribution in [0, 0.1) is 10.8 Å². The van der Waals surface area contributed by atoms with Crippen LogP contribution in [-0.2, 0) is 0 Å². The average Bonchev–Trinajstić information content (AvgIpc) is 2.69. The summed E-state index contributed by atoms with van der Waals surface area (Å²) in [6, 6.07) is 0. The minimum Gasteiger partial charge on any atom is -0.315 e. The fraction of sp³-hybridized carbons (Fsp3) is 0.333. The van der Waals surface area contributed by atoms with Crippen molar-refractivity contribution in [1.29, 1.82) is 0 Å². The van der Waals surface area contributed by atoms with Gasteiger partial charge in [-0.3, -0.25) is 0 Å². The molecule has 130 valence electrons. The number of nitrogens with zero attached hydrogens (tertiary/aromatic N) is 1. The maximum Gasteiger partial charge on any atom is 0.105 e. The highest BCUT2D eigenvalue weighted by Gasteiger charge is 2.34. The zero-order valence-electron chi connectivity index (χ0n) is 15.8. The molecular weight excluding hydrogens is 302 g/mol. The van der Waals surface area contributed by atoms with Gasteiger partial charge in [-0.15, -0.1) is 13.2 Å². The third-order valence-electron chi connectivity index (χ3n) is 5.67. The van der Waals surface area contributed by atoms with E-state index in [1.807, 2.05) is 12.2 Å².